The first-order valence-electron chi connectivity index (χ1n) is 8.34. The van der Waals surface area contributed by atoms with Gasteiger partial charge in [-0.1, -0.05) is 0 Å². The van der Waals surface area contributed by atoms with Crippen LogP contribution in [0.15, 0.2) is 48.5 Å². The van der Waals surface area contributed by atoms with Gasteiger partial charge in [0.15, 0.2) is 0 Å². The second-order valence-electron chi connectivity index (χ2n) is 7.08. The number of carbonyl (C=O) groups is 1. The van der Waals surface area contributed by atoms with Gasteiger partial charge in [0.05, 0.1) is 9.85 Å². The van der Waals surface area contributed by atoms with Crippen LogP contribution in [-0.2, 0) is 20.7 Å². The van der Waals surface area contributed by atoms with Crippen LogP contribution in [0.1, 0.15) is 38.8 Å². The number of hydrogen-bond donors (Lipinski definition) is 0. The normalized spacial score (nSPS) is 11.6. The average molecular weight is 388 g/mol. The third kappa shape index (κ3) is 4.81. The molecule has 9 nitrogen and oxygen atoms in total. The Bertz CT molecular complexity index is 814. The molecular formula is C19H20N2O7. The van der Waals surface area contributed by atoms with E-state index in [1.54, 1.807) is 27.7 Å². The maximum Gasteiger partial charge on any atom is 0.510 e. The smallest absolute Gasteiger partial charge is 0.423 e. The fourth-order valence-electron chi connectivity index (χ4n) is 2.52. The number of benzene rings is 2. The van der Waals surface area contributed by atoms with Crippen LogP contribution in [0.25, 0.3) is 0 Å². The lowest BCUT2D eigenvalue weighted by Crippen LogP contribution is -2.31. The SMILES string of the molecule is CC(C)(OC(=O)OC(C)(C)c1ccc([N+](=O)[O-])cc1)c1ccc([N+](=O)[O-])cc1. The largest absolute Gasteiger partial charge is 0.510 e. The van der Waals surface area contributed by atoms with Crippen molar-refractivity contribution in [1.29, 1.82) is 0 Å². The highest BCUT2D eigenvalue weighted by atomic mass is 16.7. The van der Waals surface area contributed by atoms with E-state index in [4.69, 9.17) is 9.47 Å². The van der Waals surface area contributed by atoms with Crippen LogP contribution in [0.3, 0.4) is 0 Å². The Morgan fingerprint density at radius 1 is 0.714 bits per heavy atom. The van der Waals surface area contributed by atoms with Crippen LogP contribution in [0, 0.1) is 20.2 Å². The van der Waals surface area contributed by atoms with Gasteiger partial charge in [0.25, 0.3) is 11.4 Å². The Morgan fingerprint density at radius 2 is 1.00 bits per heavy atom. The molecule has 9 heteroatoms. The first-order valence-corrected chi connectivity index (χ1v) is 8.34. The monoisotopic (exact) mass is 388 g/mol. The number of non-ortho nitro benzene ring substituents is 2. The molecule has 0 spiro atoms. The molecule has 0 heterocycles. The summed E-state index contributed by atoms with van der Waals surface area (Å²) in [5.41, 5.74) is -1.19. The third-order valence-electron chi connectivity index (χ3n) is 4.22. The van der Waals surface area contributed by atoms with Crippen molar-refractivity contribution in [3.63, 3.8) is 0 Å². The van der Waals surface area contributed by atoms with E-state index in [1.165, 1.54) is 48.5 Å². The van der Waals surface area contributed by atoms with E-state index in [0.29, 0.717) is 11.1 Å². The van der Waals surface area contributed by atoms with Crippen molar-refractivity contribution in [3.8, 4) is 0 Å². The first kappa shape index (κ1) is 20.8. The maximum absolute atomic E-state index is 12.3. The molecule has 0 aliphatic heterocycles. The highest BCUT2D eigenvalue weighted by Crippen LogP contribution is 2.31. The van der Waals surface area contributed by atoms with Crippen molar-refractivity contribution in [2.24, 2.45) is 0 Å². The number of nitro groups is 2. The van der Waals surface area contributed by atoms with Crippen LogP contribution in [0.2, 0.25) is 0 Å². The number of ether oxygens (including phenoxy) is 2. The van der Waals surface area contributed by atoms with Gasteiger partial charge in [-0.2, -0.15) is 0 Å². The van der Waals surface area contributed by atoms with Crippen LogP contribution >= 0.6 is 0 Å². The molecule has 0 fully saturated rings. The molecule has 28 heavy (non-hydrogen) atoms. The summed E-state index contributed by atoms with van der Waals surface area (Å²) in [6.07, 6.45) is -0.938. The number of rotatable bonds is 6. The molecule has 0 bridgehead atoms. The second kappa shape index (κ2) is 7.63. The zero-order valence-corrected chi connectivity index (χ0v) is 15.9. The van der Waals surface area contributed by atoms with Gasteiger partial charge >= 0.3 is 6.16 Å². The summed E-state index contributed by atoms with van der Waals surface area (Å²) in [5.74, 6) is 0. The summed E-state index contributed by atoms with van der Waals surface area (Å²) < 4.78 is 10.8. The molecule has 0 amide bonds. The fraction of sp³-hybridized carbons (Fsp3) is 0.316. The predicted octanol–water partition coefficient (Wildman–Crippen LogP) is 4.83. The quantitative estimate of drug-likeness (QED) is 0.395. The van der Waals surface area contributed by atoms with Gasteiger partial charge < -0.3 is 9.47 Å². The lowest BCUT2D eigenvalue weighted by molar-refractivity contribution is -0.385. The van der Waals surface area contributed by atoms with E-state index in [0.717, 1.165) is 0 Å². The summed E-state index contributed by atoms with van der Waals surface area (Å²) in [4.78, 5) is 32.8. The Kier molecular flexibility index (Phi) is 5.67. The molecule has 0 aliphatic carbocycles. The minimum atomic E-state index is -1.09. The Hall–Kier alpha value is -3.49. The Morgan fingerprint density at radius 3 is 1.25 bits per heavy atom. The number of carbonyl (C=O) groups excluding carboxylic acids is 1. The van der Waals surface area contributed by atoms with E-state index < -0.39 is 27.2 Å². The standard InChI is InChI=1S/C19H20N2O7/c1-18(2,13-5-9-15(10-6-13)20(23)24)27-17(22)28-19(3,4)14-7-11-16(12-8-14)21(25)26/h5-12H,1-4H3. The molecular weight excluding hydrogens is 368 g/mol. The molecule has 0 N–H and O–H groups in total. The van der Waals surface area contributed by atoms with Crippen molar-refractivity contribution >= 4 is 17.5 Å². The van der Waals surface area contributed by atoms with Crippen molar-refractivity contribution in [2.75, 3.05) is 0 Å². The maximum atomic E-state index is 12.3. The van der Waals surface area contributed by atoms with Gasteiger partial charge in [-0.3, -0.25) is 20.2 Å². The molecule has 0 aliphatic rings. The van der Waals surface area contributed by atoms with Crippen LogP contribution in [-0.4, -0.2) is 16.0 Å². The fourth-order valence-corrected chi connectivity index (χ4v) is 2.52. The summed E-state index contributed by atoms with van der Waals surface area (Å²) in [6.45, 7) is 6.53. The van der Waals surface area contributed by atoms with Crippen molar-refractivity contribution in [1.82, 2.24) is 0 Å². The summed E-state index contributed by atoms with van der Waals surface area (Å²) in [7, 11) is 0. The molecule has 0 atom stereocenters. The lowest BCUT2D eigenvalue weighted by atomic mass is 9.97. The summed E-state index contributed by atoms with van der Waals surface area (Å²) >= 11 is 0. The molecule has 0 radical (unpaired) electrons. The highest BCUT2D eigenvalue weighted by Gasteiger charge is 2.32. The number of nitrogens with zero attached hydrogens (tertiary/aromatic N) is 2. The van der Waals surface area contributed by atoms with Crippen molar-refractivity contribution in [3.05, 3.63) is 79.9 Å². The summed E-state index contributed by atoms with van der Waals surface area (Å²) in [5, 5.41) is 21.5. The second-order valence-corrected chi connectivity index (χ2v) is 7.08. The van der Waals surface area contributed by atoms with E-state index in [1.807, 2.05) is 0 Å². The molecule has 2 aromatic rings. The molecule has 0 unspecified atom stereocenters. The van der Waals surface area contributed by atoms with Crippen molar-refractivity contribution < 1.29 is 24.1 Å². The van der Waals surface area contributed by atoms with Gasteiger partial charge in [-0.05, 0) is 63.1 Å². The molecule has 0 saturated heterocycles. The van der Waals surface area contributed by atoms with E-state index in [2.05, 4.69) is 0 Å². The Balaban J connectivity index is 2.10. The topological polar surface area (TPSA) is 122 Å². The van der Waals surface area contributed by atoms with E-state index >= 15 is 0 Å². The minimum absolute atomic E-state index is 0.0681. The first-order chi connectivity index (χ1) is 12.9. The van der Waals surface area contributed by atoms with Gasteiger partial charge in [0.2, 0.25) is 0 Å². The lowest BCUT2D eigenvalue weighted by Gasteiger charge is -2.29. The average Bonchev–Trinajstić information content (AvgIpc) is 2.60. The molecule has 148 valence electrons. The van der Waals surface area contributed by atoms with E-state index in [9.17, 15) is 25.0 Å². The zero-order valence-electron chi connectivity index (χ0n) is 15.9. The van der Waals surface area contributed by atoms with Gasteiger partial charge in [-0.25, -0.2) is 4.79 Å². The Labute approximate surface area is 161 Å². The zero-order chi connectivity index (χ0) is 21.1. The summed E-state index contributed by atoms with van der Waals surface area (Å²) in [6, 6.07) is 11.3. The van der Waals surface area contributed by atoms with Gasteiger partial charge in [0.1, 0.15) is 11.2 Å². The predicted molar refractivity (Wildman–Crippen MR) is 99.8 cm³/mol. The molecule has 0 saturated carbocycles. The van der Waals surface area contributed by atoms with Gasteiger partial charge in [0, 0.05) is 24.3 Å². The van der Waals surface area contributed by atoms with Crippen LogP contribution in [0.4, 0.5) is 16.2 Å². The minimum Gasteiger partial charge on any atom is -0.423 e. The highest BCUT2D eigenvalue weighted by molar-refractivity contribution is 5.62. The van der Waals surface area contributed by atoms with E-state index in [-0.39, 0.29) is 11.4 Å². The molecule has 2 aromatic carbocycles. The van der Waals surface area contributed by atoms with Crippen LogP contribution in [0.5, 0.6) is 0 Å². The molecule has 2 rings (SSSR count). The van der Waals surface area contributed by atoms with Crippen molar-refractivity contribution in [2.45, 2.75) is 38.9 Å². The number of nitro benzene ring substituents is 2. The number of hydrogen-bond acceptors (Lipinski definition) is 7. The third-order valence-corrected chi connectivity index (χ3v) is 4.22. The molecule has 0 aromatic heterocycles. The van der Waals surface area contributed by atoms with Crippen LogP contribution < -0.4 is 0 Å². The van der Waals surface area contributed by atoms with Gasteiger partial charge in [-0.15, -0.1) is 0 Å².